The Kier molecular flexibility index (Phi) is 3.10. The highest BCUT2D eigenvalue weighted by atomic mass is 16.6. The minimum Gasteiger partial charge on any atom is -0.487 e. The molecule has 0 N–H and O–H groups in total. The number of rotatable bonds is 4. The lowest BCUT2D eigenvalue weighted by atomic mass is 10.3. The first kappa shape index (κ1) is 10.5. The van der Waals surface area contributed by atoms with Gasteiger partial charge < -0.3 is 14.0 Å². The van der Waals surface area contributed by atoms with E-state index in [-0.39, 0.29) is 6.10 Å². The third-order valence-corrected chi connectivity index (χ3v) is 1.84. The summed E-state index contributed by atoms with van der Waals surface area (Å²) in [6.07, 6.45) is 1.56. The average Bonchev–Trinajstić information content (AvgIpc) is 2.73. The monoisotopic (exact) mass is 219 g/mol. The Hall–Kier alpha value is -1.97. The highest BCUT2D eigenvalue weighted by Gasteiger charge is 2.08. The summed E-state index contributed by atoms with van der Waals surface area (Å²) in [6, 6.07) is 9.10. The van der Waals surface area contributed by atoms with Gasteiger partial charge in [-0.05, 0) is 31.1 Å². The van der Waals surface area contributed by atoms with Gasteiger partial charge in [-0.2, -0.15) is 0 Å². The molecule has 0 aliphatic heterocycles. The van der Waals surface area contributed by atoms with Crippen molar-refractivity contribution in [3.63, 3.8) is 0 Å². The van der Waals surface area contributed by atoms with Crippen LogP contribution in [-0.2, 0) is 0 Å². The lowest BCUT2D eigenvalue weighted by Crippen LogP contribution is -2.06. The summed E-state index contributed by atoms with van der Waals surface area (Å²) in [5, 5.41) is 3.68. The van der Waals surface area contributed by atoms with Crippen molar-refractivity contribution in [1.29, 1.82) is 0 Å². The summed E-state index contributed by atoms with van der Waals surface area (Å²) in [7, 11) is 0. The standard InChI is InChI=1S/C12H13NO3/c1-9(2)15-10-5-3-4-6-11(10)16-12-7-8-14-13-12/h3-9H,1-2H3. The van der Waals surface area contributed by atoms with E-state index >= 15 is 0 Å². The maximum atomic E-state index is 5.61. The van der Waals surface area contributed by atoms with Gasteiger partial charge >= 0.3 is 0 Å². The molecule has 0 bridgehead atoms. The number of hydrogen-bond acceptors (Lipinski definition) is 4. The van der Waals surface area contributed by atoms with Gasteiger partial charge in [-0.1, -0.05) is 12.1 Å². The van der Waals surface area contributed by atoms with Gasteiger partial charge in [0.2, 0.25) is 0 Å². The average molecular weight is 219 g/mol. The molecule has 0 aliphatic rings. The van der Waals surface area contributed by atoms with Crippen molar-refractivity contribution in [3.8, 4) is 17.4 Å². The predicted molar refractivity (Wildman–Crippen MR) is 58.8 cm³/mol. The number of benzene rings is 1. The topological polar surface area (TPSA) is 44.5 Å². The van der Waals surface area contributed by atoms with Gasteiger partial charge in [0, 0.05) is 6.07 Å². The molecule has 4 nitrogen and oxygen atoms in total. The van der Waals surface area contributed by atoms with Gasteiger partial charge in [0.25, 0.3) is 5.88 Å². The van der Waals surface area contributed by atoms with E-state index in [1.807, 2.05) is 38.1 Å². The first-order valence-electron chi connectivity index (χ1n) is 5.09. The summed E-state index contributed by atoms with van der Waals surface area (Å²) < 4.78 is 15.8. The molecule has 0 fully saturated rings. The first-order valence-corrected chi connectivity index (χ1v) is 5.09. The zero-order valence-corrected chi connectivity index (χ0v) is 9.21. The molecule has 0 atom stereocenters. The highest BCUT2D eigenvalue weighted by molar-refractivity contribution is 5.41. The Morgan fingerprint density at radius 1 is 1.12 bits per heavy atom. The van der Waals surface area contributed by atoms with Crippen molar-refractivity contribution >= 4 is 0 Å². The van der Waals surface area contributed by atoms with Crippen LogP contribution >= 0.6 is 0 Å². The number of para-hydroxylation sites is 2. The van der Waals surface area contributed by atoms with Gasteiger partial charge in [0.05, 0.1) is 6.10 Å². The Morgan fingerprint density at radius 3 is 2.50 bits per heavy atom. The van der Waals surface area contributed by atoms with Crippen LogP contribution in [0.25, 0.3) is 0 Å². The lowest BCUT2D eigenvalue weighted by Gasteiger charge is -2.13. The zero-order chi connectivity index (χ0) is 11.4. The van der Waals surface area contributed by atoms with Gasteiger partial charge in [0.1, 0.15) is 6.26 Å². The van der Waals surface area contributed by atoms with Crippen molar-refractivity contribution < 1.29 is 14.0 Å². The van der Waals surface area contributed by atoms with Crippen LogP contribution in [0.1, 0.15) is 13.8 Å². The summed E-state index contributed by atoms with van der Waals surface area (Å²) in [5.74, 6) is 1.74. The lowest BCUT2D eigenvalue weighted by molar-refractivity contribution is 0.232. The molecule has 0 spiro atoms. The second kappa shape index (κ2) is 4.70. The van der Waals surface area contributed by atoms with E-state index in [0.717, 1.165) is 0 Å². The Morgan fingerprint density at radius 2 is 1.88 bits per heavy atom. The number of ether oxygens (including phenoxy) is 2. The SMILES string of the molecule is CC(C)Oc1ccccc1Oc1ccon1. The molecule has 1 heterocycles. The first-order chi connectivity index (χ1) is 7.75. The van der Waals surface area contributed by atoms with E-state index in [4.69, 9.17) is 14.0 Å². The van der Waals surface area contributed by atoms with Gasteiger partial charge in [-0.3, -0.25) is 0 Å². The minimum atomic E-state index is 0.0991. The van der Waals surface area contributed by atoms with E-state index in [1.54, 1.807) is 6.07 Å². The van der Waals surface area contributed by atoms with Gasteiger partial charge in [-0.25, -0.2) is 0 Å². The van der Waals surface area contributed by atoms with Crippen LogP contribution in [0.15, 0.2) is 41.1 Å². The summed E-state index contributed by atoms with van der Waals surface area (Å²) in [6.45, 7) is 3.93. The molecule has 4 heteroatoms. The number of hydrogen-bond donors (Lipinski definition) is 0. The van der Waals surface area contributed by atoms with E-state index in [0.29, 0.717) is 17.4 Å². The Labute approximate surface area is 93.8 Å². The van der Waals surface area contributed by atoms with Crippen LogP contribution in [0.2, 0.25) is 0 Å². The van der Waals surface area contributed by atoms with Crippen molar-refractivity contribution in [1.82, 2.24) is 5.16 Å². The molecular formula is C12H13NO3. The van der Waals surface area contributed by atoms with Gasteiger partial charge in [-0.15, -0.1) is 0 Å². The smallest absolute Gasteiger partial charge is 0.259 e. The van der Waals surface area contributed by atoms with Crippen LogP contribution in [-0.4, -0.2) is 11.3 Å². The van der Waals surface area contributed by atoms with E-state index in [1.165, 1.54) is 6.26 Å². The second-order valence-corrected chi connectivity index (χ2v) is 3.55. The maximum absolute atomic E-state index is 5.61. The molecule has 0 unspecified atom stereocenters. The molecule has 2 aromatic rings. The van der Waals surface area contributed by atoms with Crippen molar-refractivity contribution in [3.05, 3.63) is 36.6 Å². The van der Waals surface area contributed by atoms with E-state index < -0.39 is 0 Å². The molecule has 84 valence electrons. The summed E-state index contributed by atoms with van der Waals surface area (Å²) in [4.78, 5) is 0. The normalized spacial score (nSPS) is 10.4. The van der Waals surface area contributed by atoms with Crippen molar-refractivity contribution in [2.75, 3.05) is 0 Å². The maximum Gasteiger partial charge on any atom is 0.259 e. The molecule has 0 saturated heterocycles. The fraction of sp³-hybridized carbons (Fsp3) is 0.250. The quantitative estimate of drug-likeness (QED) is 0.791. The third kappa shape index (κ3) is 2.53. The zero-order valence-electron chi connectivity index (χ0n) is 9.21. The van der Waals surface area contributed by atoms with E-state index in [9.17, 15) is 0 Å². The molecule has 1 aromatic heterocycles. The summed E-state index contributed by atoms with van der Waals surface area (Å²) in [5.41, 5.74) is 0. The predicted octanol–water partition coefficient (Wildman–Crippen LogP) is 3.25. The summed E-state index contributed by atoms with van der Waals surface area (Å²) >= 11 is 0. The molecule has 0 saturated carbocycles. The molecule has 1 aromatic carbocycles. The van der Waals surface area contributed by atoms with Crippen molar-refractivity contribution in [2.24, 2.45) is 0 Å². The molecule has 0 amide bonds. The molecule has 2 rings (SSSR count). The largest absolute Gasteiger partial charge is 0.487 e. The molecule has 0 aliphatic carbocycles. The van der Waals surface area contributed by atoms with Crippen LogP contribution < -0.4 is 9.47 Å². The number of aromatic nitrogens is 1. The minimum absolute atomic E-state index is 0.0991. The van der Waals surface area contributed by atoms with Crippen LogP contribution in [0, 0.1) is 0 Å². The highest BCUT2D eigenvalue weighted by Crippen LogP contribution is 2.30. The van der Waals surface area contributed by atoms with Crippen LogP contribution in [0.3, 0.4) is 0 Å². The fourth-order valence-corrected chi connectivity index (χ4v) is 1.25. The van der Waals surface area contributed by atoms with Crippen molar-refractivity contribution in [2.45, 2.75) is 20.0 Å². The van der Waals surface area contributed by atoms with Crippen LogP contribution in [0.5, 0.6) is 17.4 Å². The Bertz CT molecular complexity index is 437. The fourth-order valence-electron chi connectivity index (χ4n) is 1.25. The molecule has 16 heavy (non-hydrogen) atoms. The van der Waals surface area contributed by atoms with Gasteiger partial charge in [0.15, 0.2) is 11.5 Å². The third-order valence-electron chi connectivity index (χ3n) is 1.84. The number of nitrogens with zero attached hydrogens (tertiary/aromatic N) is 1. The molecule has 0 radical (unpaired) electrons. The second-order valence-electron chi connectivity index (χ2n) is 3.55. The van der Waals surface area contributed by atoms with Crippen LogP contribution in [0.4, 0.5) is 0 Å². The van der Waals surface area contributed by atoms with E-state index in [2.05, 4.69) is 5.16 Å². The Balaban J connectivity index is 2.19. The molecular weight excluding hydrogens is 206 g/mol.